The molecule has 0 spiro atoms. The highest BCUT2D eigenvalue weighted by Crippen LogP contribution is 2.48. The molecular formula is C36H16B2O6. The standard InChI is InChI=1S/C36H16B2O6/c1-7-21-32-22(8-1)41-27-14-13-18(36-35(27)38(32)33-23(40-21)9-4-12-26(33)44-36)17-15-28-34-29(16-17)43-25-11-3-6-20-31(25)37(34)30-19(39-20)5-2-10-24(30)42-28/h1-16H. The van der Waals surface area contributed by atoms with E-state index in [1.807, 2.05) is 78.9 Å². The van der Waals surface area contributed by atoms with E-state index in [-0.39, 0.29) is 13.4 Å². The van der Waals surface area contributed by atoms with Gasteiger partial charge in [0.1, 0.15) is 69.0 Å². The first kappa shape index (κ1) is 21.9. The average molecular weight is 566 g/mol. The molecule has 0 N–H and O–H groups in total. The fraction of sp³-hybridized carbons (Fsp3) is 0. The van der Waals surface area contributed by atoms with Gasteiger partial charge < -0.3 is 28.4 Å². The zero-order valence-corrected chi connectivity index (χ0v) is 22.8. The van der Waals surface area contributed by atoms with Crippen LogP contribution in [0.15, 0.2) is 97.1 Å². The van der Waals surface area contributed by atoms with Crippen molar-refractivity contribution >= 4 is 46.2 Å². The Balaban J connectivity index is 1.10. The van der Waals surface area contributed by atoms with Crippen molar-refractivity contribution in [1.82, 2.24) is 0 Å². The first-order chi connectivity index (χ1) is 21.8. The molecule has 6 aliphatic heterocycles. The van der Waals surface area contributed by atoms with Crippen LogP contribution in [0.3, 0.4) is 0 Å². The molecule has 8 heteroatoms. The molecule has 6 aromatic carbocycles. The van der Waals surface area contributed by atoms with Crippen LogP contribution in [0.1, 0.15) is 0 Å². The lowest BCUT2D eigenvalue weighted by molar-refractivity contribution is 0.442. The van der Waals surface area contributed by atoms with Gasteiger partial charge in [-0.25, -0.2) is 0 Å². The number of rotatable bonds is 1. The molecule has 0 aliphatic carbocycles. The Morgan fingerprint density at radius 1 is 0.318 bits per heavy atom. The van der Waals surface area contributed by atoms with Crippen molar-refractivity contribution in [2.45, 2.75) is 0 Å². The van der Waals surface area contributed by atoms with Crippen molar-refractivity contribution in [2.75, 3.05) is 0 Å². The quantitative estimate of drug-likeness (QED) is 0.261. The van der Waals surface area contributed by atoms with Crippen LogP contribution >= 0.6 is 0 Å². The van der Waals surface area contributed by atoms with Gasteiger partial charge in [-0.15, -0.1) is 0 Å². The van der Waals surface area contributed by atoms with Crippen LogP contribution < -0.4 is 61.2 Å². The summed E-state index contributed by atoms with van der Waals surface area (Å²) in [6.45, 7) is -0.0911. The third-order valence-electron chi connectivity index (χ3n) is 9.72. The molecule has 6 aliphatic rings. The van der Waals surface area contributed by atoms with Gasteiger partial charge in [0, 0.05) is 38.3 Å². The zero-order valence-electron chi connectivity index (χ0n) is 22.8. The lowest BCUT2D eigenvalue weighted by Gasteiger charge is -2.38. The van der Waals surface area contributed by atoms with E-state index in [4.69, 9.17) is 28.4 Å². The molecule has 0 fully saturated rings. The van der Waals surface area contributed by atoms with E-state index in [0.717, 1.165) is 113 Å². The Labute approximate surface area is 251 Å². The molecule has 0 atom stereocenters. The largest absolute Gasteiger partial charge is 0.458 e. The van der Waals surface area contributed by atoms with Crippen LogP contribution in [0.2, 0.25) is 0 Å². The van der Waals surface area contributed by atoms with E-state index in [0.29, 0.717) is 0 Å². The van der Waals surface area contributed by atoms with E-state index >= 15 is 0 Å². The molecule has 202 valence electrons. The summed E-state index contributed by atoms with van der Waals surface area (Å²) in [6, 6.07) is 32.3. The van der Waals surface area contributed by atoms with Gasteiger partial charge in [-0.3, -0.25) is 0 Å². The summed E-state index contributed by atoms with van der Waals surface area (Å²) in [7, 11) is 0. The molecule has 44 heavy (non-hydrogen) atoms. The van der Waals surface area contributed by atoms with E-state index in [2.05, 4.69) is 18.2 Å². The number of ether oxygens (including phenoxy) is 6. The molecule has 6 nitrogen and oxygen atoms in total. The molecule has 0 saturated heterocycles. The maximum Gasteiger partial charge on any atom is 0.270 e. The molecule has 0 saturated carbocycles. The van der Waals surface area contributed by atoms with Gasteiger partial charge in [0.15, 0.2) is 0 Å². The van der Waals surface area contributed by atoms with E-state index in [9.17, 15) is 0 Å². The predicted octanol–water partition coefficient (Wildman–Crippen LogP) is 5.02. The first-order valence-corrected chi connectivity index (χ1v) is 14.7. The predicted molar refractivity (Wildman–Crippen MR) is 167 cm³/mol. The second kappa shape index (κ2) is 7.24. The molecule has 12 rings (SSSR count). The normalized spacial score (nSPS) is 14.9. The van der Waals surface area contributed by atoms with E-state index in [1.165, 1.54) is 0 Å². The van der Waals surface area contributed by atoms with Crippen LogP contribution in [-0.2, 0) is 0 Å². The molecule has 0 radical (unpaired) electrons. The lowest BCUT2D eigenvalue weighted by atomic mass is 9.33. The Morgan fingerprint density at radius 3 is 1.11 bits per heavy atom. The topological polar surface area (TPSA) is 55.4 Å². The van der Waals surface area contributed by atoms with E-state index in [1.54, 1.807) is 0 Å². The van der Waals surface area contributed by atoms with Gasteiger partial charge in [0.05, 0.1) is 0 Å². The highest BCUT2D eigenvalue weighted by molar-refractivity contribution is 7.00. The highest BCUT2D eigenvalue weighted by Gasteiger charge is 2.49. The summed E-state index contributed by atoms with van der Waals surface area (Å²) in [5.74, 6) is 9.58. The van der Waals surface area contributed by atoms with Crippen molar-refractivity contribution in [3.8, 4) is 80.1 Å². The molecule has 6 heterocycles. The number of hydrogen-bond donors (Lipinski definition) is 0. The van der Waals surface area contributed by atoms with Crippen molar-refractivity contribution in [2.24, 2.45) is 0 Å². The van der Waals surface area contributed by atoms with Gasteiger partial charge in [-0.05, 0) is 78.4 Å². The minimum atomic E-state index is -0.0603. The van der Waals surface area contributed by atoms with Gasteiger partial charge >= 0.3 is 0 Å². The zero-order chi connectivity index (χ0) is 28.3. The highest BCUT2D eigenvalue weighted by atomic mass is 16.5. The Kier molecular flexibility index (Phi) is 3.60. The molecule has 0 unspecified atom stereocenters. The van der Waals surface area contributed by atoms with Gasteiger partial charge in [0.25, 0.3) is 13.4 Å². The van der Waals surface area contributed by atoms with Crippen LogP contribution in [0.5, 0.6) is 69.0 Å². The van der Waals surface area contributed by atoms with Crippen LogP contribution in [0.4, 0.5) is 0 Å². The Morgan fingerprint density at radius 2 is 0.659 bits per heavy atom. The van der Waals surface area contributed by atoms with Gasteiger partial charge in [-0.1, -0.05) is 24.3 Å². The third kappa shape index (κ3) is 2.46. The second-order valence-electron chi connectivity index (χ2n) is 11.9. The van der Waals surface area contributed by atoms with Gasteiger partial charge in [0.2, 0.25) is 0 Å². The molecule has 0 bridgehead atoms. The van der Waals surface area contributed by atoms with Crippen molar-refractivity contribution in [3.63, 3.8) is 0 Å². The maximum atomic E-state index is 6.77. The number of benzene rings is 6. The van der Waals surface area contributed by atoms with Crippen LogP contribution in [0.25, 0.3) is 11.1 Å². The average Bonchev–Trinajstić information content (AvgIpc) is 3.05. The minimum absolute atomic E-state index is 0.0308. The van der Waals surface area contributed by atoms with E-state index < -0.39 is 0 Å². The van der Waals surface area contributed by atoms with Crippen molar-refractivity contribution in [1.29, 1.82) is 0 Å². The van der Waals surface area contributed by atoms with Gasteiger partial charge in [-0.2, -0.15) is 0 Å². The summed E-state index contributed by atoms with van der Waals surface area (Å²) >= 11 is 0. The molecule has 0 aromatic heterocycles. The lowest BCUT2D eigenvalue weighted by Crippen LogP contribution is -2.59. The van der Waals surface area contributed by atoms with Crippen LogP contribution in [-0.4, -0.2) is 13.4 Å². The van der Waals surface area contributed by atoms with Crippen molar-refractivity contribution in [3.05, 3.63) is 97.1 Å². The third-order valence-corrected chi connectivity index (χ3v) is 9.72. The molecule has 0 amide bonds. The summed E-state index contributed by atoms with van der Waals surface area (Å²) in [4.78, 5) is 0. The minimum Gasteiger partial charge on any atom is -0.458 e. The van der Waals surface area contributed by atoms with Crippen LogP contribution in [0, 0.1) is 0 Å². The smallest absolute Gasteiger partial charge is 0.270 e. The second-order valence-corrected chi connectivity index (χ2v) is 11.9. The Bertz CT molecular complexity index is 2270. The number of hydrogen-bond acceptors (Lipinski definition) is 6. The summed E-state index contributed by atoms with van der Waals surface area (Å²) in [5.41, 5.74) is 8.06. The summed E-state index contributed by atoms with van der Waals surface area (Å²) in [5, 5.41) is 0. The monoisotopic (exact) mass is 566 g/mol. The molecule has 6 aromatic rings. The SMILES string of the molecule is c1cc2c3c(c1)Oc1cc(-c4ccc5c6c4Oc4cccc7c4B6c4c(cccc4O5)O7)cc4c1B3c1c(cccc1O4)O2. The maximum absolute atomic E-state index is 6.77. The van der Waals surface area contributed by atoms with Crippen molar-refractivity contribution < 1.29 is 28.4 Å². The summed E-state index contributed by atoms with van der Waals surface area (Å²) in [6.07, 6.45) is 0. The Hall–Kier alpha value is -5.75. The fourth-order valence-electron chi connectivity index (χ4n) is 8.00. The molecular weight excluding hydrogens is 550 g/mol. The fourth-order valence-corrected chi connectivity index (χ4v) is 8.00. The summed E-state index contributed by atoms with van der Waals surface area (Å²) < 4.78 is 39.1. The first-order valence-electron chi connectivity index (χ1n) is 14.7.